The molecule has 0 aliphatic heterocycles. The zero-order chi connectivity index (χ0) is 19.2. The highest BCUT2D eigenvalue weighted by Gasteiger charge is 2.15. The number of nitrogens with one attached hydrogen (secondary N) is 1. The van der Waals surface area contributed by atoms with Crippen LogP contribution in [0.5, 0.6) is 5.75 Å². The van der Waals surface area contributed by atoms with Crippen molar-refractivity contribution in [2.45, 2.75) is 38.8 Å². The van der Waals surface area contributed by atoms with Crippen LogP contribution >= 0.6 is 0 Å². The minimum atomic E-state index is 0.131. The van der Waals surface area contributed by atoms with Crippen molar-refractivity contribution in [2.24, 2.45) is 0 Å². The first-order chi connectivity index (χ1) is 13.1. The van der Waals surface area contributed by atoms with Gasteiger partial charge in [-0.1, -0.05) is 25.5 Å². The molecule has 0 bridgehead atoms. The van der Waals surface area contributed by atoms with Gasteiger partial charge in [0.2, 0.25) is 5.95 Å². The van der Waals surface area contributed by atoms with Crippen LogP contribution in [0.4, 0.5) is 11.8 Å². The molecule has 1 aromatic carbocycles. The normalized spacial score (nSPS) is 12.3. The van der Waals surface area contributed by atoms with E-state index in [0.717, 1.165) is 35.2 Å². The van der Waals surface area contributed by atoms with Gasteiger partial charge in [-0.25, -0.2) is 4.98 Å². The van der Waals surface area contributed by atoms with E-state index in [1.165, 1.54) is 0 Å². The second-order valence-electron chi connectivity index (χ2n) is 6.60. The lowest BCUT2D eigenvalue weighted by molar-refractivity contribution is 0.276. The first kappa shape index (κ1) is 19.0. The molecular formula is C20H27N5O2. The van der Waals surface area contributed by atoms with Gasteiger partial charge >= 0.3 is 0 Å². The summed E-state index contributed by atoms with van der Waals surface area (Å²) in [5, 5.41) is 12.8. The molecule has 0 aliphatic carbocycles. The Kier molecular flexibility index (Phi) is 6.13. The van der Waals surface area contributed by atoms with Crippen LogP contribution in [0.3, 0.4) is 0 Å². The molecule has 0 saturated carbocycles. The van der Waals surface area contributed by atoms with Crippen LogP contribution in [0.2, 0.25) is 0 Å². The first-order valence-corrected chi connectivity index (χ1v) is 9.27. The molecule has 2 aromatic heterocycles. The predicted molar refractivity (Wildman–Crippen MR) is 108 cm³/mol. The van der Waals surface area contributed by atoms with Gasteiger partial charge in [-0.05, 0) is 36.6 Å². The summed E-state index contributed by atoms with van der Waals surface area (Å²) in [6, 6.07) is 10.1. The minimum Gasteiger partial charge on any atom is -0.497 e. The number of nitrogens with two attached hydrogens (primary N) is 1. The number of nitrogen functional groups attached to an aromatic ring is 1. The van der Waals surface area contributed by atoms with Gasteiger partial charge < -0.3 is 25.5 Å². The maximum Gasteiger partial charge on any atom is 0.222 e. The van der Waals surface area contributed by atoms with Crippen molar-refractivity contribution in [3.05, 3.63) is 42.1 Å². The van der Waals surface area contributed by atoms with Crippen molar-refractivity contribution in [2.75, 3.05) is 24.8 Å². The van der Waals surface area contributed by atoms with Gasteiger partial charge in [-0.2, -0.15) is 4.98 Å². The van der Waals surface area contributed by atoms with Crippen molar-refractivity contribution < 1.29 is 9.84 Å². The van der Waals surface area contributed by atoms with Crippen molar-refractivity contribution in [3.63, 3.8) is 0 Å². The molecule has 4 N–H and O–H groups in total. The molecule has 1 atom stereocenters. The maximum atomic E-state index is 9.35. The van der Waals surface area contributed by atoms with Crippen molar-refractivity contribution in [1.82, 2.24) is 14.5 Å². The fraction of sp³-hybridized carbons (Fsp3) is 0.400. The Labute approximate surface area is 159 Å². The van der Waals surface area contributed by atoms with Crippen molar-refractivity contribution in [1.29, 1.82) is 0 Å². The number of benzene rings is 1. The van der Waals surface area contributed by atoms with Gasteiger partial charge in [0.05, 0.1) is 12.6 Å². The van der Waals surface area contributed by atoms with Crippen LogP contribution in [0.15, 0.2) is 36.5 Å². The van der Waals surface area contributed by atoms with E-state index in [4.69, 9.17) is 10.5 Å². The van der Waals surface area contributed by atoms with Crippen LogP contribution in [-0.2, 0) is 6.54 Å². The summed E-state index contributed by atoms with van der Waals surface area (Å²) >= 11 is 0. The molecule has 3 aromatic rings. The zero-order valence-corrected chi connectivity index (χ0v) is 15.9. The molecule has 7 heteroatoms. The maximum absolute atomic E-state index is 9.35. The highest BCUT2D eigenvalue weighted by Crippen LogP contribution is 2.26. The SMILES string of the molecule is CCC[C@H](CCO)Nc1nc(N)nc2ccn(Cc3cccc(OC)c3)c12. The van der Waals surface area contributed by atoms with Gasteiger partial charge in [0, 0.05) is 25.4 Å². The molecule has 0 saturated heterocycles. The summed E-state index contributed by atoms with van der Waals surface area (Å²) in [4.78, 5) is 8.81. The molecule has 27 heavy (non-hydrogen) atoms. The van der Waals surface area contributed by atoms with Crippen LogP contribution in [0.25, 0.3) is 11.0 Å². The molecule has 0 aliphatic rings. The minimum absolute atomic E-state index is 0.131. The largest absolute Gasteiger partial charge is 0.497 e. The van der Waals surface area contributed by atoms with Gasteiger partial charge in [-0.3, -0.25) is 0 Å². The summed E-state index contributed by atoms with van der Waals surface area (Å²) < 4.78 is 7.43. The summed E-state index contributed by atoms with van der Waals surface area (Å²) in [5.74, 6) is 1.77. The van der Waals surface area contributed by atoms with Crippen molar-refractivity contribution in [3.8, 4) is 5.75 Å². The lowest BCUT2D eigenvalue weighted by Crippen LogP contribution is -2.22. The molecule has 2 heterocycles. The Bertz CT molecular complexity index is 887. The standard InChI is InChI=1S/C20H27N5O2/c1-3-5-15(9-11-26)22-19-18-17(23-20(21)24-19)8-10-25(18)13-14-6-4-7-16(12-14)27-2/h4,6-8,10,12,15,26H,3,5,9,11,13H2,1-2H3,(H3,21,22,23,24)/t15-/m1/s1. The third-order valence-electron chi connectivity index (χ3n) is 4.57. The molecule has 0 fully saturated rings. The van der Waals surface area contributed by atoms with E-state index in [2.05, 4.69) is 32.8 Å². The van der Waals surface area contributed by atoms with E-state index in [1.54, 1.807) is 7.11 Å². The van der Waals surface area contributed by atoms with E-state index in [9.17, 15) is 5.11 Å². The number of aliphatic hydroxyl groups excluding tert-OH is 1. The molecular weight excluding hydrogens is 342 g/mol. The number of aromatic nitrogens is 3. The predicted octanol–water partition coefficient (Wildman–Crippen LogP) is 3.03. The quantitative estimate of drug-likeness (QED) is 0.536. The Morgan fingerprint density at radius 1 is 1.26 bits per heavy atom. The number of hydrogen-bond acceptors (Lipinski definition) is 6. The number of methoxy groups -OCH3 is 1. The van der Waals surface area contributed by atoms with E-state index in [-0.39, 0.29) is 18.6 Å². The lowest BCUT2D eigenvalue weighted by Gasteiger charge is -2.19. The highest BCUT2D eigenvalue weighted by atomic mass is 16.5. The zero-order valence-electron chi connectivity index (χ0n) is 15.9. The fourth-order valence-corrected chi connectivity index (χ4v) is 3.31. The van der Waals surface area contributed by atoms with E-state index in [0.29, 0.717) is 18.8 Å². The number of nitrogens with zero attached hydrogens (tertiary/aromatic N) is 3. The van der Waals surface area contributed by atoms with Gasteiger partial charge in [0.25, 0.3) is 0 Å². The fourth-order valence-electron chi connectivity index (χ4n) is 3.31. The molecule has 0 spiro atoms. The molecule has 7 nitrogen and oxygen atoms in total. The third kappa shape index (κ3) is 4.49. The van der Waals surface area contributed by atoms with Crippen LogP contribution in [-0.4, -0.2) is 39.4 Å². The van der Waals surface area contributed by atoms with Crippen LogP contribution in [0, 0.1) is 0 Å². The topological polar surface area (TPSA) is 98.2 Å². The summed E-state index contributed by atoms with van der Waals surface area (Å²) in [7, 11) is 1.66. The highest BCUT2D eigenvalue weighted by molar-refractivity contribution is 5.87. The number of fused-ring (bicyclic) bond motifs is 1. The second-order valence-corrected chi connectivity index (χ2v) is 6.60. The number of anilines is 2. The van der Waals surface area contributed by atoms with Gasteiger partial charge in [0.1, 0.15) is 11.3 Å². The van der Waals surface area contributed by atoms with E-state index in [1.807, 2.05) is 30.5 Å². The first-order valence-electron chi connectivity index (χ1n) is 9.27. The number of aliphatic hydroxyl groups is 1. The molecule has 3 rings (SSSR count). The smallest absolute Gasteiger partial charge is 0.222 e. The molecule has 0 unspecified atom stereocenters. The number of rotatable bonds is 9. The van der Waals surface area contributed by atoms with Gasteiger partial charge in [-0.15, -0.1) is 0 Å². The average molecular weight is 369 g/mol. The van der Waals surface area contributed by atoms with E-state index < -0.39 is 0 Å². The number of ether oxygens (including phenoxy) is 1. The van der Waals surface area contributed by atoms with Gasteiger partial charge in [0.15, 0.2) is 5.82 Å². The van der Waals surface area contributed by atoms with Crippen molar-refractivity contribution >= 4 is 22.8 Å². The van der Waals surface area contributed by atoms with Crippen LogP contribution < -0.4 is 15.8 Å². The molecule has 0 amide bonds. The Morgan fingerprint density at radius 3 is 2.85 bits per heavy atom. The Balaban J connectivity index is 1.96. The third-order valence-corrected chi connectivity index (χ3v) is 4.57. The summed E-state index contributed by atoms with van der Waals surface area (Å²) in [5.41, 5.74) is 8.74. The summed E-state index contributed by atoms with van der Waals surface area (Å²) in [6.45, 7) is 2.93. The molecule has 144 valence electrons. The summed E-state index contributed by atoms with van der Waals surface area (Å²) in [6.07, 6.45) is 4.62. The second kappa shape index (κ2) is 8.73. The number of hydrogen-bond donors (Lipinski definition) is 3. The van der Waals surface area contributed by atoms with E-state index >= 15 is 0 Å². The monoisotopic (exact) mass is 369 g/mol. The van der Waals surface area contributed by atoms with Crippen LogP contribution in [0.1, 0.15) is 31.7 Å². The Hall–Kier alpha value is -2.80. The average Bonchev–Trinajstić information content (AvgIpc) is 3.05. The Morgan fingerprint density at radius 2 is 2.11 bits per heavy atom. The molecule has 0 radical (unpaired) electrons. The lowest BCUT2D eigenvalue weighted by atomic mass is 10.1.